The predicted octanol–water partition coefficient (Wildman–Crippen LogP) is 19.5. The SMILES string of the molecule is CC(C)(C)c1ccc(N(c2ccc([Si](C)(C)C)cc2)c2cc3c(c4ccccc24)-c2c(cc(N(c4ccc(C(C)(C)C)cc4)c4ccc([SiH-](C)(C)C)cc4)c4c2oc2ccccc24)C3(c2ccccc2)c2ccccc2)cc1. The fourth-order valence-corrected chi connectivity index (χ4v) is 14.9. The molecule has 0 spiro atoms. The first-order chi connectivity index (χ1) is 37.2. The van der Waals surface area contributed by atoms with Crippen LogP contribution in [-0.4, -0.2) is 16.1 Å². The molecule has 0 radical (unpaired) electrons. The Kier molecular flexibility index (Phi) is 12.3. The van der Waals surface area contributed by atoms with Crippen LogP contribution < -0.4 is 20.2 Å². The smallest absolute Gasteiger partial charge is 0.0377 e. The molecule has 12 rings (SSSR count). The summed E-state index contributed by atoms with van der Waals surface area (Å²) in [4.78, 5) is 5.02. The van der Waals surface area contributed by atoms with Gasteiger partial charge in [0.25, 0.3) is 0 Å². The Labute approximate surface area is 464 Å². The van der Waals surface area contributed by atoms with Crippen LogP contribution in [0.15, 0.2) is 223 Å². The van der Waals surface area contributed by atoms with E-state index in [1.165, 1.54) is 60.1 Å². The molecule has 0 aliphatic heterocycles. The number of rotatable bonds is 10. The first kappa shape index (κ1) is 51.1. The van der Waals surface area contributed by atoms with Gasteiger partial charge in [0.2, 0.25) is 0 Å². The molecule has 11 aromatic rings. The van der Waals surface area contributed by atoms with Crippen molar-refractivity contribution < 1.29 is 4.42 Å². The summed E-state index contributed by atoms with van der Waals surface area (Å²) in [7, 11) is -3.56. The summed E-state index contributed by atoms with van der Waals surface area (Å²) in [6, 6.07) is 83.0. The second kappa shape index (κ2) is 18.7. The van der Waals surface area contributed by atoms with E-state index in [-0.39, 0.29) is 10.8 Å². The van der Waals surface area contributed by atoms with Crippen molar-refractivity contribution in [3.8, 4) is 11.1 Å². The van der Waals surface area contributed by atoms with Gasteiger partial charge < -0.3 is 4.90 Å². The molecule has 390 valence electrons. The molecule has 1 aliphatic rings. The molecule has 1 heterocycles. The van der Waals surface area contributed by atoms with E-state index in [2.05, 4.69) is 309 Å². The van der Waals surface area contributed by atoms with E-state index in [9.17, 15) is 0 Å². The molecule has 3 nitrogen and oxygen atoms in total. The first-order valence-electron chi connectivity index (χ1n) is 28.2. The van der Waals surface area contributed by atoms with Crippen LogP contribution in [0.4, 0.5) is 34.1 Å². The van der Waals surface area contributed by atoms with Gasteiger partial charge in [-0.25, -0.2) is 0 Å². The third kappa shape index (κ3) is 8.54. The zero-order valence-electron chi connectivity index (χ0n) is 47.7. The van der Waals surface area contributed by atoms with Crippen LogP contribution in [0.2, 0.25) is 39.3 Å². The minimum atomic E-state index is -1.95. The van der Waals surface area contributed by atoms with Crippen molar-refractivity contribution >= 4 is 93.4 Å². The summed E-state index contributed by atoms with van der Waals surface area (Å²) < 4.78 is 7.52. The van der Waals surface area contributed by atoms with E-state index in [1.54, 1.807) is 0 Å². The fourth-order valence-electron chi connectivity index (χ4n) is 12.4. The zero-order chi connectivity index (χ0) is 54.5. The molecule has 0 atom stereocenters. The number of anilines is 6. The minimum Gasteiger partial charge on any atom is -0.0564 e. The second-order valence-corrected chi connectivity index (χ2v) is 37.2. The average Bonchev–Trinajstić information content (AvgIpc) is 4.03. The largest absolute Gasteiger partial charge is 0.0564 e. The third-order valence-electron chi connectivity index (χ3n) is 16.7. The Morgan fingerprint density at radius 2 is 0.833 bits per heavy atom. The molecule has 0 saturated carbocycles. The number of hydrogen-bond acceptors (Lipinski definition) is 3. The Morgan fingerprint density at radius 3 is 1.32 bits per heavy atom. The Balaban J connectivity index is 1.24. The number of nitrogens with zero attached hydrogens (tertiary/aromatic N) is 2. The molecular formula is C73H73N2OSi2-. The molecule has 1 aromatic heterocycles. The number of fused-ring (bicyclic) bond motifs is 9. The normalized spacial score (nSPS) is 13.7. The van der Waals surface area contributed by atoms with E-state index < -0.39 is 21.6 Å². The van der Waals surface area contributed by atoms with Crippen LogP contribution in [0.5, 0.6) is 0 Å². The van der Waals surface area contributed by atoms with Crippen molar-refractivity contribution in [2.24, 2.45) is 0 Å². The monoisotopic (exact) mass is 1050 g/mol. The maximum Gasteiger partial charge on any atom is -0.0377 e. The summed E-state index contributed by atoms with van der Waals surface area (Å²) in [5.74, 6) is 0. The van der Waals surface area contributed by atoms with Gasteiger partial charge in [-0.05, 0) is 35.2 Å². The van der Waals surface area contributed by atoms with E-state index in [0.717, 1.165) is 61.6 Å². The number of para-hydroxylation sites is 1. The van der Waals surface area contributed by atoms with Gasteiger partial charge in [-0.2, -0.15) is 0 Å². The van der Waals surface area contributed by atoms with Gasteiger partial charge >= 0.3 is 308 Å². The summed E-state index contributed by atoms with van der Waals surface area (Å²) in [6.07, 6.45) is 0. The van der Waals surface area contributed by atoms with E-state index >= 15 is 0 Å². The van der Waals surface area contributed by atoms with Crippen molar-refractivity contribution in [1.29, 1.82) is 0 Å². The van der Waals surface area contributed by atoms with Crippen molar-refractivity contribution in [2.45, 2.75) is 97.1 Å². The van der Waals surface area contributed by atoms with Crippen molar-refractivity contribution in [2.75, 3.05) is 9.80 Å². The molecule has 0 saturated heterocycles. The van der Waals surface area contributed by atoms with Crippen LogP contribution in [0.25, 0.3) is 43.8 Å². The topological polar surface area (TPSA) is 19.6 Å². The van der Waals surface area contributed by atoms with E-state index in [4.69, 9.17) is 4.42 Å². The molecule has 1 aliphatic carbocycles. The maximum atomic E-state index is 7.52. The minimum absolute atomic E-state index is 0.00337. The number of furan rings is 1. The van der Waals surface area contributed by atoms with Gasteiger partial charge in [0.05, 0.1) is 8.07 Å². The summed E-state index contributed by atoms with van der Waals surface area (Å²) in [5, 5.41) is 7.44. The standard InChI is InChI=1S/C73H73N2OSi2/c1-71(2,3)49-31-35-53(36-32-49)74(55-39-43-57(44-40-55)77(7,8)9)64-47-62-67(60-28-20-19-27-59(60)64)69-63(73(62,51-23-15-13-16-24-51)52-25-17-14-18-26-52)48-65(68-61-29-21-22-30-66(61)76-70(68)69)75(54-37-33-50(34-38-54)72(4,5)6)56-41-45-58(46-42-56)78(10,11)12/h13-48,78H,1-12H3/q-1. The molecule has 10 aromatic carbocycles. The van der Waals surface area contributed by atoms with Crippen LogP contribution in [0, 0.1) is 0 Å². The van der Waals surface area contributed by atoms with E-state index in [0.29, 0.717) is 0 Å². The fraction of sp³-hybridized carbons (Fsp3) is 0.205. The summed E-state index contributed by atoms with van der Waals surface area (Å²) in [6.45, 7) is 28.4. The molecule has 0 bridgehead atoms. The van der Waals surface area contributed by atoms with Gasteiger partial charge in [-0.1, -0.05) is 100 Å². The third-order valence-corrected chi connectivity index (χ3v) is 21.2. The maximum absolute atomic E-state index is 7.52. The van der Waals surface area contributed by atoms with Crippen LogP contribution in [-0.2, 0) is 16.2 Å². The van der Waals surface area contributed by atoms with Crippen LogP contribution >= 0.6 is 0 Å². The Bertz CT molecular complexity index is 3860. The molecule has 0 N–H and O–H groups in total. The molecule has 5 heteroatoms. The van der Waals surface area contributed by atoms with Gasteiger partial charge in [-0.3, -0.25) is 0 Å². The quantitative estimate of drug-likeness (QED) is 0.127. The van der Waals surface area contributed by atoms with Crippen LogP contribution in [0.1, 0.15) is 74.9 Å². The first-order valence-corrected chi connectivity index (χ1v) is 35.7. The number of benzene rings is 10. The predicted molar refractivity (Wildman–Crippen MR) is 343 cm³/mol. The van der Waals surface area contributed by atoms with Crippen molar-refractivity contribution in [1.82, 2.24) is 0 Å². The van der Waals surface area contributed by atoms with Gasteiger partial charge in [-0.15, -0.1) is 0 Å². The van der Waals surface area contributed by atoms with Crippen molar-refractivity contribution in [3.05, 3.63) is 252 Å². The zero-order valence-corrected chi connectivity index (χ0v) is 49.8. The summed E-state index contributed by atoms with van der Waals surface area (Å²) in [5.41, 5.74) is 17.3. The average molecular weight is 1050 g/mol. The molecule has 0 fully saturated rings. The van der Waals surface area contributed by atoms with Crippen molar-refractivity contribution in [3.63, 3.8) is 0 Å². The molecule has 0 unspecified atom stereocenters. The molecule has 0 amide bonds. The number of hydrogen-bond donors (Lipinski definition) is 0. The van der Waals surface area contributed by atoms with Gasteiger partial charge in [0.1, 0.15) is 0 Å². The van der Waals surface area contributed by atoms with E-state index in [1.807, 2.05) is 0 Å². The molecule has 78 heavy (non-hydrogen) atoms. The second-order valence-electron chi connectivity index (χ2n) is 26.2. The van der Waals surface area contributed by atoms with Crippen LogP contribution in [0.3, 0.4) is 0 Å². The Hall–Kier alpha value is -7.71. The van der Waals surface area contributed by atoms with Gasteiger partial charge in [0.15, 0.2) is 0 Å². The van der Waals surface area contributed by atoms with Gasteiger partial charge in [0, 0.05) is 11.4 Å². The summed E-state index contributed by atoms with van der Waals surface area (Å²) >= 11 is 0. The Morgan fingerprint density at radius 1 is 0.423 bits per heavy atom. The molecular weight excluding hydrogens is 977 g/mol.